The van der Waals surface area contributed by atoms with E-state index in [9.17, 15) is 13.2 Å². The Labute approximate surface area is 85.0 Å². The van der Waals surface area contributed by atoms with Crippen LogP contribution in [-0.2, 0) is 5.79 Å². The fourth-order valence-corrected chi connectivity index (χ4v) is 1.12. The Bertz CT molecular complexity index is 369. The van der Waals surface area contributed by atoms with E-state index in [1.165, 1.54) is 6.07 Å². The first-order valence-electron chi connectivity index (χ1n) is 4.25. The van der Waals surface area contributed by atoms with Gasteiger partial charge in [0.25, 0.3) is 5.79 Å². The Morgan fingerprint density at radius 3 is 1.93 bits per heavy atom. The molecule has 0 aliphatic heterocycles. The molecule has 0 bridgehead atoms. The fraction of sp³-hybridized carbons (Fsp3) is 0.400. The molecule has 0 fully saturated rings. The second-order valence-electron chi connectivity index (χ2n) is 3.47. The van der Waals surface area contributed by atoms with Gasteiger partial charge in [-0.25, -0.2) is 0 Å². The molecular formula is C10H11F3O2. The molecule has 15 heavy (non-hydrogen) atoms. The highest BCUT2D eigenvalue weighted by molar-refractivity contribution is 5.32. The maximum atomic E-state index is 12.3. The van der Waals surface area contributed by atoms with Gasteiger partial charge in [0, 0.05) is 5.56 Å². The van der Waals surface area contributed by atoms with Crippen molar-refractivity contribution >= 4 is 0 Å². The lowest BCUT2D eigenvalue weighted by Gasteiger charge is -2.25. The smallest absolute Gasteiger partial charge is 0.355 e. The normalized spacial score (nSPS) is 13.0. The van der Waals surface area contributed by atoms with Gasteiger partial charge in [0.15, 0.2) is 0 Å². The monoisotopic (exact) mass is 220 g/mol. The second-order valence-corrected chi connectivity index (χ2v) is 3.47. The third kappa shape index (κ3) is 2.13. The zero-order valence-corrected chi connectivity index (χ0v) is 8.26. The third-order valence-corrected chi connectivity index (χ3v) is 2.30. The van der Waals surface area contributed by atoms with Crippen LogP contribution in [0.3, 0.4) is 0 Å². The van der Waals surface area contributed by atoms with Crippen molar-refractivity contribution in [2.75, 3.05) is 0 Å². The molecule has 5 heteroatoms. The maximum Gasteiger partial charge on any atom is 0.447 e. The van der Waals surface area contributed by atoms with Gasteiger partial charge < -0.3 is 10.2 Å². The van der Waals surface area contributed by atoms with E-state index >= 15 is 0 Å². The molecule has 0 spiro atoms. The summed E-state index contributed by atoms with van der Waals surface area (Å²) in [6.45, 7) is 3.33. The van der Waals surface area contributed by atoms with E-state index in [4.69, 9.17) is 10.2 Å². The van der Waals surface area contributed by atoms with Crippen molar-refractivity contribution in [3.63, 3.8) is 0 Å². The highest BCUT2D eigenvalue weighted by Crippen LogP contribution is 2.36. The average molecular weight is 220 g/mol. The van der Waals surface area contributed by atoms with Gasteiger partial charge in [0.2, 0.25) is 0 Å². The minimum Gasteiger partial charge on any atom is -0.355 e. The zero-order chi connectivity index (χ0) is 11.9. The number of aliphatic hydroxyl groups is 2. The Balaban J connectivity index is 3.22. The number of aryl methyl sites for hydroxylation is 2. The minimum absolute atomic E-state index is 0.571. The van der Waals surface area contributed by atoms with Gasteiger partial charge in [-0.05, 0) is 25.0 Å². The van der Waals surface area contributed by atoms with E-state index in [2.05, 4.69) is 0 Å². The molecule has 0 aliphatic rings. The van der Waals surface area contributed by atoms with Gasteiger partial charge in [-0.2, -0.15) is 13.2 Å². The fourth-order valence-electron chi connectivity index (χ4n) is 1.12. The summed E-state index contributed by atoms with van der Waals surface area (Å²) in [6.07, 6.45) is -5.10. The average Bonchev–Trinajstić information content (AvgIpc) is 2.07. The summed E-state index contributed by atoms with van der Waals surface area (Å²) in [5.41, 5.74) is 0.791. The quantitative estimate of drug-likeness (QED) is 0.710. The van der Waals surface area contributed by atoms with Crippen LogP contribution in [0, 0.1) is 13.8 Å². The summed E-state index contributed by atoms with van der Waals surface area (Å²) in [7, 11) is 0. The van der Waals surface area contributed by atoms with Crippen LogP contribution in [0.15, 0.2) is 18.2 Å². The number of benzene rings is 1. The number of rotatable bonds is 1. The molecule has 0 radical (unpaired) electrons. The van der Waals surface area contributed by atoms with Crippen LogP contribution in [-0.4, -0.2) is 16.4 Å². The SMILES string of the molecule is Cc1ccc(C(O)(O)C(F)(F)F)cc1C. The molecule has 1 aromatic rings. The lowest BCUT2D eigenvalue weighted by atomic mass is 10.00. The predicted octanol–water partition coefficient (Wildman–Crippen LogP) is 2.00. The van der Waals surface area contributed by atoms with E-state index < -0.39 is 17.5 Å². The van der Waals surface area contributed by atoms with Crippen molar-refractivity contribution in [1.29, 1.82) is 0 Å². The molecule has 0 saturated heterocycles. The van der Waals surface area contributed by atoms with Crippen LogP contribution in [0.1, 0.15) is 16.7 Å². The summed E-state index contributed by atoms with van der Waals surface area (Å²) in [4.78, 5) is 0. The number of hydrogen-bond donors (Lipinski definition) is 2. The van der Waals surface area contributed by atoms with Crippen LogP contribution in [0.4, 0.5) is 13.2 Å². The van der Waals surface area contributed by atoms with Gasteiger partial charge in [-0.3, -0.25) is 0 Å². The van der Waals surface area contributed by atoms with Crippen LogP contribution in [0.25, 0.3) is 0 Å². The van der Waals surface area contributed by atoms with Gasteiger partial charge in [0.05, 0.1) is 0 Å². The molecule has 0 unspecified atom stereocenters. The van der Waals surface area contributed by atoms with Crippen molar-refractivity contribution in [1.82, 2.24) is 0 Å². The largest absolute Gasteiger partial charge is 0.447 e. The second kappa shape index (κ2) is 3.50. The van der Waals surface area contributed by atoms with Crippen molar-refractivity contribution in [2.45, 2.75) is 25.8 Å². The highest BCUT2D eigenvalue weighted by atomic mass is 19.4. The van der Waals surface area contributed by atoms with E-state index in [0.29, 0.717) is 5.56 Å². The first-order chi connectivity index (χ1) is 6.66. The molecule has 2 N–H and O–H groups in total. The molecule has 1 aromatic carbocycles. The van der Waals surface area contributed by atoms with Crippen LogP contribution < -0.4 is 0 Å². The van der Waals surface area contributed by atoms with E-state index in [1.54, 1.807) is 13.8 Å². The Hall–Kier alpha value is -1.07. The van der Waals surface area contributed by atoms with Crippen molar-refractivity contribution in [3.8, 4) is 0 Å². The Morgan fingerprint density at radius 1 is 1.00 bits per heavy atom. The van der Waals surface area contributed by atoms with E-state index in [-0.39, 0.29) is 0 Å². The molecular weight excluding hydrogens is 209 g/mol. The van der Waals surface area contributed by atoms with Gasteiger partial charge >= 0.3 is 6.18 Å². The summed E-state index contributed by atoms with van der Waals surface area (Å²) < 4.78 is 36.8. The third-order valence-electron chi connectivity index (χ3n) is 2.30. The van der Waals surface area contributed by atoms with E-state index in [1.807, 2.05) is 0 Å². The molecule has 0 amide bonds. The van der Waals surface area contributed by atoms with E-state index in [0.717, 1.165) is 17.7 Å². The molecule has 0 atom stereocenters. The summed E-state index contributed by atoms with van der Waals surface area (Å²) in [5, 5.41) is 17.9. The standard InChI is InChI=1S/C10H11F3O2/c1-6-3-4-8(5-7(6)2)9(14,15)10(11,12)13/h3-5,14-15H,1-2H3. The van der Waals surface area contributed by atoms with Crippen LogP contribution in [0.2, 0.25) is 0 Å². The van der Waals surface area contributed by atoms with Crippen molar-refractivity contribution < 1.29 is 23.4 Å². The molecule has 84 valence electrons. The lowest BCUT2D eigenvalue weighted by Crippen LogP contribution is -2.42. The minimum atomic E-state index is -5.10. The van der Waals surface area contributed by atoms with Crippen molar-refractivity contribution in [2.24, 2.45) is 0 Å². The first-order valence-corrected chi connectivity index (χ1v) is 4.25. The maximum absolute atomic E-state index is 12.3. The van der Waals surface area contributed by atoms with Crippen molar-refractivity contribution in [3.05, 3.63) is 34.9 Å². The summed E-state index contributed by atoms with van der Waals surface area (Å²) in [6, 6.07) is 3.58. The Morgan fingerprint density at radius 2 is 1.53 bits per heavy atom. The molecule has 0 heterocycles. The van der Waals surface area contributed by atoms with Crippen LogP contribution in [0.5, 0.6) is 0 Å². The lowest BCUT2D eigenvalue weighted by molar-refractivity contribution is -0.358. The topological polar surface area (TPSA) is 40.5 Å². The first kappa shape index (κ1) is 12.0. The Kier molecular flexibility index (Phi) is 2.80. The summed E-state index contributed by atoms with van der Waals surface area (Å²) in [5.74, 6) is -3.79. The van der Waals surface area contributed by atoms with Gasteiger partial charge in [-0.1, -0.05) is 18.2 Å². The molecule has 1 rings (SSSR count). The van der Waals surface area contributed by atoms with Gasteiger partial charge in [0.1, 0.15) is 0 Å². The van der Waals surface area contributed by atoms with Crippen LogP contribution >= 0.6 is 0 Å². The molecule has 0 aromatic heterocycles. The number of alkyl halides is 3. The molecule has 0 saturated carbocycles. The van der Waals surface area contributed by atoms with Gasteiger partial charge in [-0.15, -0.1) is 0 Å². The summed E-state index contributed by atoms with van der Waals surface area (Å²) >= 11 is 0. The predicted molar refractivity (Wildman–Crippen MR) is 48.1 cm³/mol. The molecule has 0 aliphatic carbocycles. The highest BCUT2D eigenvalue weighted by Gasteiger charge is 2.54. The number of hydrogen-bond acceptors (Lipinski definition) is 2. The number of halogens is 3. The molecule has 2 nitrogen and oxygen atoms in total. The zero-order valence-electron chi connectivity index (χ0n) is 8.26.